The number of halogens is 6. The fourth-order valence-corrected chi connectivity index (χ4v) is 14.3. The maximum atomic E-state index is 11.4. The standard InChI is InChI=1S/C57H54I6O6/c1-22-13-37(28(7)46(58)52(22)64)43(38-14-23(2)53(65)47(59)29(38)8)34-19-35(44(39-15-24(3)54(66)48(60)30(39)9)40-16-25(4)55(67)49(61)31(40)10)21-36(20-34)45(41-17-26(5)56(68)50(62)32(41)11)42-18-27(6)57(69)51(63)33(42)12/h13-21,43-45,64-69H,1-12H3. The van der Waals surface area contributed by atoms with Gasteiger partial charge in [-0.05, 0) is 335 Å². The number of rotatable bonds is 9. The molecule has 0 heterocycles. The lowest BCUT2D eigenvalue weighted by atomic mass is 9.73. The number of hydrogen-bond acceptors (Lipinski definition) is 6. The molecule has 0 aliphatic heterocycles. The molecule has 0 atom stereocenters. The number of aryl methyl sites for hydroxylation is 6. The van der Waals surface area contributed by atoms with E-state index in [9.17, 15) is 30.6 Å². The molecule has 12 heteroatoms. The predicted molar refractivity (Wildman–Crippen MR) is 331 cm³/mol. The third-order valence-corrected chi connectivity index (χ3v) is 22.1. The Bertz CT molecular complexity index is 2760. The lowest BCUT2D eigenvalue weighted by Crippen LogP contribution is -2.16. The van der Waals surface area contributed by atoms with Gasteiger partial charge in [-0.3, -0.25) is 0 Å². The lowest BCUT2D eigenvalue weighted by Gasteiger charge is -2.32. The van der Waals surface area contributed by atoms with Crippen molar-refractivity contribution in [3.8, 4) is 34.5 Å². The molecule has 0 fully saturated rings. The fraction of sp³-hybridized carbons (Fsp3) is 0.263. The van der Waals surface area contributed by atoms with Gasteiger partial charge in [0.15, 0.2) is 0 Å². The van der Waals surface area contributed by atoms with Crippen molar-refractivity contribution in [3.63, 3.8) is 0 Å². The average molecular weight is 1600 g/mol. The molecule has 0 unspecified atom stereocenters. The normalized spacial score (nSPS) is 11.8. The fourth-order valence-electron chi connectivity index (χ4n) is 9.91. The number of phenolic OH excluding ortho intramolecular Hbond substituents is 6. The molecule has 7 aromatic carbocycles. The maximum absolute atomic E-state index is 11.4. The summed E-state index contributed by atoms with van der Waals surface area (Å²) in [6, 6.07) is 19.6. The smallest absolute Gasteiger partial charge is 0.132 e. The van der Waals surface area contributed by atoms with E-state index in [1.165, 1.54) is 0 Å². The van der Waals surface area contributed by atoms with Crippen molar-refractivity contribution >= 4 is 136 Å². The quantitative estimate of drug-likeness (QED) is 0.0633. The highest BCUT2D eigenvalue weighted by Gasteiger charge is 2.33. The van der Waals surface area contributed by atoms with Crippen molar-refractivity contribution in [1.82, 2.24) is 0 Å². The Balaban J connectivity index is 1.78. The minimum Gasteiger partial charge on any atom is -0.507 e. The second-order valence-electron chi connectivity index (χ2n) is 18.7. The molecular formula is C57H54I6O6. The Morgan fingerprint density at radius 3 is 0.507 bits per heavy atom. The highest BCUT2D eigenvalue weighted by Crippen LogP contribution is 2.50. The zero-order valence-electron chi connectivity index (χ0n) is 40.4. The Morgan fingerprint density at radius 2 is 0.377 bits per heavy atom. The van der Waals surface area contributed by atoms with Gasteiger partial charge in [-0.1, -0.05) is 54.6 Å². The van der Waals surface area contributed by atoms with Crippen molar-refractivity contribution in [1.29, 1.82) is 0 Å². The second kappa shape index (κ2) is 20.9. The third kappa shape index (κ3) is 9.72. The first-order valence-electron chi connectivity index (χ1n) is 22.3. The minimum atomic E-state index is -0.401. The van der Waals surface area contributed by atoms with Gasteiger partial charge in [0.2, 0.25) is 0 Å². The van der Waals surface area contributed by atoms with E-state index in [1.807, 2.05) is 41.5 Å². The Kier molecular flexibility index (Phi) is 16.5. The molecule has 0 saturated carbocycles. The van der Waals surface area contributed by atoms with E-state index in [0.29, 0.717) is 0 Å². The van der Waals surface area contributed by atoms with Gasteiger partial charge in [0.25, 0.3) is 0 Å². The Morgan fingerprint density at radius 1 is 0.246 bits per heavy atom. The van der Waals surface area contributed by atoms with Crippen molar-refractivity contribution in [2.45, 2.75) is 101 Å². The van der Waals surface area contributed by atoms with E-state index in [1.54, 1.807) is 0 Å². The third-order valence-electron chi connectivity index (χ3n) is 14.2. The van der Waals surface area contributed by atoms with Gasteiger partial charge in [-0.15, -0.1) is 0 Å². The number of aromatic hydroxyl groups is 6. The van der Waals surface area contributed by atoms with Crippen LogP contribution in [0.5, 0.6) is 34.5 Å². The molecule has 0 aliphatic rings. The van der Waals surface area contributed by atoms with Gasteiger partial charge >= 0.3 is 0 Å². The second-order valence-corrected chi connectivity index (χ2v) is 25.1. The van der Waals surface area contributed by atoms with Gasteiger partial charge in [0, 0.05) is 17.8 Å². The van der Waals surface area contributed by atoms with Crippen LogP contribution >= 0.6 is 136 Å². The Hall–Kier alpha value is -2.28. The summed E-state index contributed by atoms with van der Waals surface area (Å²) in [6.07, 6.45) is 0. The predicted octanol–water partition coefficient (Wildman–Crippen LogP) is 16.8. The van der Waals surface area contributed by atoms with E-state index < -0.39 is 17.8 Å². The van der Waals surface area contributed by atoms with Crippen LogP contribution in [0.15, 0.2) is 54.6 Å². The summed E-state index contributed by atoms with van der Waals surface area (Å²) in [7, 11) is 0. The van der Waals surface area contributed by atoms with Crippen molar-refractivity contribution in [2.24, 2.45) is 0 Å². The van der Waals surface area contributed by atoms with Crippen LogP contribution in [0.4, 0.5) is 0 Å². The van der Waals surface area contributed by atoms with Gasteiger partial charge in [-0.25, -0.2) is 0 Å². The zero-order valence-corrected chi connectivity index (χ0v) is 53.3. The molecule has 360 valence electrons. The molecule has 0 spiro atoms. The molecule has 0 radical (unpaired) electrons. The van der Waals surface area contributed by atoms with Gasteiger partial charge < -0.3 is 30.6 Å². The van der Waals surface area contributed by atoms with Crippen LogP contribution in [0.2, 0.25) is 0 Å². The summed E-state index contributed by atoms with van der Waals surface area (Å²) in [5, 5.41) is 68.4. The van der Waals surface area contributed by atoms with Crippen molar-refractivity contribution < 1.29 is 30.6 Å². The van der Waals surface area contributed by atoms with E-state index >= 15 is 0 Å². The highest BCUT2D eigenvalue weighted by atomic mass is 127. The van der Waals surface area contributed by atoms with E-state index in [0.717, 1.165) is 138 Å². The molecule has 7 rings (SSSR count). The molecular weight excluding hydrogens is 1540 g/mol. The van der Waals surface area contributed by atoms with Crippen LogP contribution < -0.4 is 0 Å². The van der Waals surface area contributed by atoms with Crippen LogP contribution in [0, 0.1) is 105 Å². The topological polar surface area (TPSA) is 121 Å². The SMILES string of the molecule is Cc1cc(C(c2cc(C(c3cc(C)c(O)c(I)c3C)c3cc(C)c(O)c(I)c3C)cc(C(c3cc(C)c(O)c(I)c3C)c3cc(C)c(O)c(I)c3C)c2)c2cc(C)c(O)c(I)c2C)c(C)c(I)c1O. The van der Waals surface area contributed by atoms with Crippen LogP contribution in [0.1, 0.15) is 135 Å². The number of phenols is 6. The summed E-state index contributed by atoms with van der Waals surface area (Å²) in [5.41, 5.74) is 19.3. The number of hydrogen-bond donors (Lipinski definition) is 6. The minimum absolute atomic E-state index is 0.250. The summed E-state index contributed by atoms with van der Waals surface area (Å²) in [6.45, 7) is 24.0. The van der Waals surface area contributed by atoms with E-state index in [2.05, 4.69) is 232 Å². The summed E-state index contributed by atoms with van der Waals surface area (Å²) >= 11 is 13.5. The van der Waals surface area contributed by atoms with Gasteiger partial charge in [0.1, 0.15) is 34.5 Å². The van der Waals surface area contributed by atoms with Crippen LogP contribution in [0.3, 0.4) is 0 Å². The summed E-state index contributed by atoms with van der Waals surface area (Å²) in [4.78, 5) is 0. The molecule has 0 aromatic heterocycles. The average Bonchev–Trinajstić information content (AvgIpc) is 3.32. The highest BCUT2D eigenvalue weighted by molar-refractivity contribution is 14.1. The van der Waals surface area contributed by atoms with E-state index in [-0.39, 0.29) is 34.5 Å². The lowest BCUT2D eigenvalue weighted by molar-refractivity contribution is 0.465. The van der Waals surface area contributed by atoms with E-state index in [4.69, 9.17) is 0 Å². The molecule has 6 nitrogen and oxygen atoms in total. The summed E-state index contributed by atoms with van der Waals surface area (Å²) < 4.78 is 4.62. The van der Waals surface area contributed by atoms with Crippen LogP contribution in [-0.4, -0.2) is 30.6 Å². The first-order chi connectivity index (χ1) is 32.2. The van der Waals surface area contributed by atoms with Crippen LogP contribution in [0.25, 0.3) is 0 Å². The molecule has 0 bridgehead atoms. The first-order valence-corrected chi connectivity index (χ1v) is 28.7. The van der Waals surface area contributed by atoms with Crippen LogP contribution in [-0.2, 0) is 0 Å². The molecule has 0 amide bonds. The molecule has 69 heavy (non-hydrogen) atoms. The number of benzene rings is 7. The van der Waals surface area contributed by atoms with Gasteiger partial charge in [-0.2, -0.15) is 0 Å². The maximum Gasteiger partial charge on any atom is 0.132 e. The largest absolute Gasteiger partial charge is 0.507 e. The monoisotopic (exact) mass is 1600 g/mol. The molecule has 6 N–H and O–H groups in total. The van der Waals surface area contributed by atoms with Crippen molar-refractivity contribution in [2.75, 3.05) is 0 Å². The van der Waals surface area contributed by atoms with Gasteiger partial charge in [0.05, 0.1) is 21.4 Å². The molecule has 0 saturated heterocycles. The zero-order chi connectivity index (χ0) is 51.1. The van der Waals surface area contributed by atoms with Crippen molar-refractivity contribution in [3.05, 3.63) is 193 Å². The molecule has 0 aliphatic carbocycles. The first kappa shape index (κ1) is 54.5. The Labute approximate surface area is 488 Å². The molecule has 7 aromatic rings. The summed E-state index contributed by atoms with van der Waals surface area (Å²) in [5.74, 6) is 0.294.